The summed E-state index contributed by atoms with van der Waals surface area (Å²) in [6.07, 6.45) is 1.02. The minimum Gasteiger partial charge on any atom is -0.486 e. The summed E-state index contributed by atoms with van der Waals surface area (Å²) in [5, 5.41) is 14.2. The van der Waals surface area contributed by atoms with E-state index < -0.39 is 6.03 Å². The Bertz CT molecular complexity index is 930. The average molecular weight is 400 g/mol. The average Bonchev–Trinajstić information content (AvgIpc) is 3.15. The highest BCUT2D eigenvalue weighted by atomic mass is 32.1. The zero-order valence-electron chi connectivity index (χ0n) is 15.6. The SMILES string of the molecule is CC[C@@H](C)c1ccccc1OCc1nnc(NC(=O)Nc2ccc(F)cc2)s1. The molecule has 0 saturated heterocycles. The van der Waals surface area contributed by atoms with Crippen LogP contribution in [0.15, 0.2) is 48.5 Å². The molecule has 1 atom stereocenters. The predicted molar refractivity (Wildman–Crippen MR) is 108 cm³/mol. The van der Waals surface area contributed by atoms with Crippen LogP contribution in [0.25, 0.3) is 0 Å². The Morgan fingerprint density at radius 3 is 2.64 bits per heavy atom. The Labute approximate surface area is 166 Å². The van der Waals surface area contributed by atoms with Gasteiger partial charge in [0.2, 0.25) is 5.13 Å². The molecule has 2 amide bonds. The molecule has 8 heteroatoms. The first-order valence-electron chi connectivity index (χ1n) is 8.93. The lowest BCUT2D eigenvalue weighted by Gasteiger charge is -2.14. The summed E-state index contributed by atoms with van der Waals surface area (Å²) in [7, 11) is 0. The lowest BCUT2D eigenvalue weighted by molar-refractivity contribution is 0.262. The van der Waals surface area contributed by atoms with E-state index in [0.717, 1.165) is 17.7 Å². The van der Waals surface area contributed by atoms with Gasteiger partial charge in [-0.2, -0.15) is 0 Å². The molecule has 3 aromatic rings. The molecular weight excluding hydrogens is 379 g/mol. The fourth-order valence-corrected chi connectivity index (χ4v) is 3.18. The van der Waals surface area contributed by atoms with Gasteiger partial charge in [0.25, 0.3) is 0 Å². The van der Waals surface area contributed by atoms with Crippen LogP contribution < -0.4 is 15.4 Å². The van der Waals surface area contributed by atoms with Gasteiger partial charge in [-0.25, -0.2) is 9.18 Å². The summed E-state index contributed by atoms with van der Waals surface area (Å²) < 4.78 is 18.8. The number of hydrogen-bond acceptors (Lipinski definition) is 5. The fourth-order valence-electron chi connectivity index (χ4n) is 2.53. The fraction of sp³-hybridized carbons (Fsp3) is 0.250. The van der Waals surface area contributed by atoms with Crippen LogP contribution in [-0.2, 0) is 6.61 Å². The van der Waals surface area contributed by atoms with Crippen LogP contribution in [0.3, 0.4) is 0 Å². The molecule has 0 radical (unpaired) electrons. The van der Waals surface area contributed by atoms with E-state index in [-0.39, 0.29) is 12.4 Å². The number of carbonyl (C=O) groups is 1. The molecule has 2 N–H and O–H groups in total. The van der Waals surface area contributed by atoms with E-state index in [1.807, 2.05) is 18.2 Å². The van der Waals surface area contributed by atoms with Crippen molar-refractivity contribution in [3.63, 3.8) is 0 Å². The molecular formula is C20H21FN4O2S. The van der Waals surface area contributed by atoms with E-state index >= 15 is 0 Å². The lowest BCUT2D eigenvalue weighted by atomic mass is 9.98. The number of urea groups is 1. The molecule has 6 nitrogen and oxygen atoms in total. The van der Waals surface area contributed by atoms with E-state index in [1.165, 1.54) is 35.6 Å². The summed E-state index contributed by atoms with van der Waals surface area (Å²) in [6.45, 7) is 4.57. The topological polar surface area (TPSA) is 76.1 Å². The number of carbonyl (C=O) groups excluding carboxylic acids is 1. The van der Waals surface area contributed by atoms with Crippen LogP contribution in [0, 0.1) is 5.82 Å². The number of aromatic nitrogens is 2. The lowest BCUT2D eigenvalue weighted by Crippen LogP contribution is -2.19. The molecule has 0 aliphatic heterocycles. The molecule has 146 valence electrons. The second-order valence-corrected chi connectivity index (χ2v) is 7.28. The molecule has 0 aliphatic rings. The molecule has 1 heterocycles. The Hall–Kier alpha value is -3.00. The third-order valence-electron chi connectivity index (χ3n) is 4.20. The van der Waals surface area contributed by atoms with Crippen molar-refractivity contribution < 1.29 is 13.9 Å². The highest BCUT2D eigenvalue weighted by Gasteiger charge is 2.12. The molecule has 0 bridgehead atoms. The van der Waals surface area contributed by atoms with Crippen LogP contribution >= 0.6 is 11.3 Å². The highest BCUT2D eigenvalue weighted by Crippen LogP contribution is 2.29. The Morgan fingerprint density at radius 1 is 1.14 bits per heavy atom. The van der Waals surface area contributed by atoms with Crippen molar-refractivity contribution in [3.8, 4) is 5.75 Å². The standard InChI is InChI=1S/C20H21FN4O2S/c1-3-13(2)16-6-4-5-7-17(16)27-12-18-24-25-20(28-18)23-19(26)22-15-10-8-14(21)9-11-15/h4-11,13H,3,12H2,1-2H3,(H2,22,23,25,26)/t13-/m1/s1. The molecule has 28 heavy (non-hydrogen) atoms. The first kappa shape index (κ1) is 19.8. The van der Waals surface area contributed by atoms with Crippen LogP contribution in [0.2, 0.25) is 0 Å². The minimum atomic E-state index is -0.475. The zero-order chi connectivity index (χ0) is 19.9. The van der Waals surface area contributed by atoms with Crippen molar-refractivity contribution in [2.75, 3.05) is 10.6 Å². The van der Waals surface area contributed by atoms with Gasteiger partial charge >= 0.3 is 6.03 Å². The largest absolute Gasteiger partial charge is 0.486 e. The van der Waals surface area contributed by atoms with Crippen molar-refractivity contribution in [2.45, 2.75) is 32.8 Å². The number of ether oxygens (including phenoxy) is 1. The molecule has 0 saturated carbocycles. The van der Waals surface area contributed by atoms with Crippen LogP contribution in [0.1, 0.15) is 36.8 Å². The van der Waals surface area contributed by atoms with E-state index in [0.29, 0.717) is 21.7 Å². The second-order valence-electron chi connectivity index (χ2n) is 6.22. The van der Waals surface area contributed by atoms with Crippen molar-refractivity contribution in [1.29, 1.82) is 0 Å². The molecule has 1 aromatic heterocycles. The number of halogens is 1. The normalized spacial score (nSPS) is 11.7. The second kappa shape index (κ2) is 9.27. The number of rotatable bonds is 7. The number of amides is 2. The van der Waals surface area contributed by atoms with Crippen molar-refractivity contribution in [3.05, 3.63) is 64.9 Å². The quantitative estimate of drug-likeness (QED) is 0.556. The Balaban J connectivity index is 1.56. The monoisotopic (exact) mass is 400 g/mol. The summed E-state index contributed by atoms with van der Waals surface area (Å²) in [6, 6.07) is 13.0. The van der Waals surface area contributed by atoms with Gasteiger partial charge in [0.1, 0.15) is 18.2 Å². The van der Waals surface area contributed by atoms with Gasteiger partial charge in [0.15, 0.2) is 5.01 Å². The maximum Gasteiger partial charge on any atom is 0.325 e. The first-order valence-corrected chi connectivity index (χ1v) is 9.74. The predicted octanol–water partition coefficient (Wildman–Crippen LogP) is 5.41. The molecule has 0 spiro atoms. The smallest absolute Gasteiger partial charge is 0.325 e. The van der Waals surface area contributed by atoms with Gasteiger partial charge in [-0.1, -0.05) is 43.4 Å². The third kappa shape index (κ3) is 5.26. The van der Waals surface area contributed by atoms with Gasteiger partial charge in [0.05, 0.1) is 0 Å². The zero-order valence-corrected chi connectivity index (χ0v) is 16.4. The number of benzene rings is 2. The van der Waals surface area contributed by atoms with Gasteiger partial charge in [-0.3, -0.25) is 5.32 Å². The van der Waals surface area contributed by atoms with Gasteiger partial charge < -0.3 is 10.1 Å². The van der Waals surface area contributed by atoms with E-state index in [2.05, 4.69) is 40.7 Å². The minimum absolute atomic E-state index is 0.270. The Kier molecular flexibility index (Phi) is 6.54. The van der Waals surface area contributed by atoms with E-state index in [1.54, 1.807) is 0 Å². The highest BCUT2D eigenvalue weighted by molar-refractivity contribution is 7.15. The number of anilines is 2. The van der Waals surface area contributed by atoms with Gasteiger partial charge in [-0.15, -0.1) is 10.2 Å². The van der Waals surface area contributed by atoms with Crippen molar-refractivity contribution >= 4 is 28.2 Å². The van der Waals surface area contributed by atoms with Crippen LogP contribution in [-0.4, -0.2) is 16.2 Å². The maximum absolute atomic E-state index is 12.9. The Morgan fingerprint density at radius 2 is 1.89 bits per heavy atom. The number of nitrogens with one attached hydrogen (secondary N) is 2. The molecule has 2 aromatic carbocycles. The van der Waals surface area contributed by atoms with Crippen molar-refractivity contribution in [1.82, 2.24) is 10.2 Å². The number of para-hydroxylation sites is 1. The number of hydrogen-bond donors (Lipinski definition) is 2. The molecule has 3 rings (SSSR count). The molecule has 0 unspecified atom stereocenters. The van der Waals surface area contributed by atoms with Crippen LogP contribution in [0.5, 0.6) is 5.75 Å². The maximum atomic E-state index is 12.9. The first-order chi connectivity index (χ1) is 13.5. The van der Waals surface area contributed by atoms with Gasteiger partial charge in [0, 0.05) is 5.69 Å². The number of nitrogens with zero attached hydrogens (tertiary/aromatic N) is 2. The summed E-state index contributed by atoms with van der Waals surface area (Å²) in [5.41, 5.74) is 1.64. The van der Waals surface area contributed by atoms with E-state index in [9.17, 15) is 9.18 Å². The van der Waals surface area contributed by atoms with Gasteiger partial charge in [-0.05, 0) is 48.2 Å². The summed E-state index contributed by atoms with van der Waals surface area (Å²) >= 11 is 1.23. The molecule has 0 fully saturated rings. The molecule has 0 aliphatic carbocycles. The third-order valence-corrected chi connectivity index (χ3v) is 5.02. The van der Waals surface area contributed by atoms with E-state index in [4.69, 9.17) is 4.74 Å². The van der Waals surface area contributed by atoms with Crippen LogP contribution in [0.4, 0.5) is 20.0 Å². The van der Waals surface area contributed by atoms with Crippen molar-refractivity contribution in [2.24, 2.45) is 0 Å². The summed E-state index contributed by atoms with van der Waals surface area (Å²) in [4.78, 5) is 12.0. The summed E-state index contributed by atoms with van der Waals surface area (Å²) in [5.74, 6) is 0.864.